The van der Waals surface area contributed by atoms with E-state index in [0.717, 1.165) is 36.2 Å². The van der Waals surface area contributed by atoms with Crippen molar-refractivity contribution in [2.24, 2.45) is 0 Å². The normalized spacial score (nSPS) is 18.3. The van der Waals surface area contributed by atoms with Gasteiger partial charge in [-0.15, -0.1) is 11.3 Å². The molecule has 1 aromatic heterocycles. The molecule has 0 amide bonds. The van der Waals surface area contributed by atoms with Crippen LogP contribution < -0.4 is 5.32 Å². The lowest BCUT2D eigenvalue weighted by Gasteiger charge is -2.12. The number of hydrogen-bond donors (Lipinski definition) is 1. The molecule has 3 rings (SSSR count). The zero-order valence-electron chi connectivity index (χ0n) is 9.32. The summed E-state index contributed by atoms with van der Waals surface area (Å²) in [5.41, 5.74) is 4.88. The third-order valence-electron chi connectivity index (χ3n) is 3.23. The van der Waals surface area contributed by atoms with E-state index in [0.29, 0.717) is 0 Å². The van der Waals surface area contributed by atoms with Crippen LogP contribution in [0.25, 0.3) is 0 Å². The molecule has 1 heterocycles. The van der Waals surface area contributed by atoms with E-state index in [2.05, 4.69) is 10.3 Å². The quantitative estimate of drug-likeness (QED) is 0.903. The fourth-order valence-electron chi connectivity index (χ4n) is 2.37. The maximum atomic E-state index is 13.5. The number of rotatable bonds is 3. The summed E-state index contributed by atoms with van der Waals surface area (Å²) in [6, 6.07) is 5.62. The summed E-state index contributed by atoms with van der Waals surface area (Å²) in [5, 5.41) is 5.48. The van der Waals surface area contributed by atoms with Crippen molar-refractivity contribution in [1.29, 1.82) is 0 Å². The predicted octanol–water partition coefficient (Wildman–Crippen LogP) is 3.06. The van der Waals surface area contributed by atoms with Crippen molar-refractivity contribution >= 4 is 11.3 Å². The molecule has 88 valence electrons. The third kappa shape index (κ3) is 2.10. The molecule has 2 nitrogen and oxygen atoms in total. The minimum atomic E-state index is -0.0690. The van der Waals surface area contributed by atoms with Crippen molar-refractivity contribution in [3.63, 3.8) is 0 Å². The zero-order valence-corrected chi connectivity index (χ0v) is 10.1. The molecule has 0 saturated carbocycles. The number of hydrogen-bond acceptors (Lipinski definition) is 3. The van der Waals surface area contributed by atoms with Gasteiger partial charge in [0, 0.05) is 18.0 Å². The van der Waals surface area contributed by atoms with Gasteiger partial charge in [0.15, 0.2) is 0 Å². The molecule has 1 aliphatic carbocycles. The first-order valence-corrected chi connectivity index (χ1v) is 6.66. The van der Waals surface area contributed by atoms with Crippen LogP contribution >= 0.6 is 11.3 Å². The summed E-state index contributed by atoms with van der Waals surface area (Å²) in [6.45, 7) is 0.754. The van der Waals surface area contributed by atoms with E-state index in [1.165, 1.54) is 0 Å². The molecule has 17 heavy (non-hydrogen) atoms. The Kier molecular flexibility index (Phi) is 2.91. The highest BCUT2D eigenvalue weighted by molar-refractivity contribution is 7.07. The lowest BCUT2D eigenvalue weighted by molar-refractivity contribution is 0.526. The summed E-state index contributed by atoms with van der Waals surface area (Å²) >= 11 is 1.60. The number of benzene rings is 1. The Hall–Kier alpha value is -1.26. The summed E-state index contributed by atoms with van der Waals surface area (Å²) < 4.78 is 13.5. The first-order valence-electron chi connectivity index (χ1n) is 5.72. The second-order valence-electron chi connectivity index (χ2n) is 4.26. The van der Waals surface area contributed by atoms with Gasteiger partial charge in [0.25, 0.3) is 0 Å². The van der Waals surface area contributed by atoms with Crippen molar-refractivity contribution in [2.75, 3.05) is 0 Å². The van der Waals surface area contributed by atoms with Crippen LogP contribution in [0.2, 0.25) is 0 Å². The summed E-state index contributed by atoms with van der Waals surface area (Å²) in [6.07, 6.45) is 1.80. The van der Waals surface area contributed by atoms with E-state index in [1.54, 1.807) is 23.5 Å². The number of nitrogens with one attached hydrogen (secondary N) is 1. The van der Waals surface area contributed by atoms with Crippen molar-refractivity contribution in [3.05, 3.63) is 51.7 Å². The van der Waals surface area contributed by atoms with Crippen LogP contribution in [-0.4, -0.2) is 4.98 Å². The van der Waals surface area contributed by atoms with Crippen molar-refractivity contribution in [1.82, 2.24) is 10.3 Å². The number of thiazole rings is 1. The molecule has 0 spiro atoms. The van der Waals surface area contributed by atoms with Gasteiger partial charge in [-0.2, -0.15) is 0 Å². The molecule has 1 aliphatic rings. The molecule has 4 heteroatoms. The number of fused-ring (bicyclic) bond motifs is 1. The molecule has 0 aliphatic heterocycles. The van der Waals surface area contributed by atoms with Crippen molar-refractivity contribution in [3.8, 4) is 0 Å². The summed E-state index contributed by atoms with van der Waals surface area (Å²) in [5.74, 6) is -0.0690. The average Bonchev–Trinajstić information content (AvgIpc) is 2.95. The lowest BCUT2D eigenvalue weighted by atomic mass is 10.1. The van der Waals surface area contributed by atoms with Gasteiger partial charge in [0.05, 0.1) is 11.2 Å². The Morgan fingerprint density at radius 2 is 2.41 bits per heavy atom. The molecular weight excluding hydrogens is 235 g/mol. The first-order chi connectivity index (χ1) is 8.34. The van der Waals surface area contributed by atoms with Gasteiger partial charge < -0.3 is 5.32 Å². The monoisotopic (exact) mass is 248 g/mol. The van der Waals surface area contributed by atoms with Gasteiger partial charge in [0.2, 0.25) is 0 Å². The van der Waals surface area contributed by atoms with Crippen LogP contribution in [0.1, 0.15) is 29.3 Å². The lowest BCUT2D eigenvalue weighted by Crippen LogP contribution is -2.18. The van der Waals surface area contributed by atoms with Crippen LogP contribution in [0.5, 0.6) is 0 Å². The van der Waals surface area contributed by atoms with E-state index in [1.807, 2.05) is 17.0 Å². The Balaban J connectivity index is 1.73. The van der Waals surface area contributed by atoms with Gasteiger partial charge in [-0.05, 0) is 30.0 Å². The Morgan fingerprint density at radius 1 is 1.47 bits per heavy atom. The maximum absolute atomic E-state index is 13.5. The summed E-state index contributed by atoms with van der Waals surface area (Å²) in [4.78, 5) is 4.23. The molecule has 1 N–H and O–H groups in total. The molecule has 0 bridgehead atoms. The molecule has 2 aromatic rings. The van der Waals surface area contributed by atoms with E-state index in [-0.39, 0.29) is 11.9 Å². The Bertz CT molecular complexity index is 510. The first kappa shape index (κ1) is 10.9. The molecule has 0 saturated heterocycles. The molecular formula is C13H13FN2S. The average molecular weight is 248 g/mol. The maximum Gasteiger partial charge on any atom is 0.126 e. The highest BCUT2D eigenvalue weighted by Gasteiger charge is 2.24. The molecule has 0 fully saturated rings. The van der Waals surface area contributed by atoms with Crippen molar-refractivity contribution in [2.45, 2.75) is 25.4 Å². The number of aromatic nitrogens is 1. The topological polar surface area (TPSA) is 24.9 Å². The Labute approximate surface area is 104 Å². The third-order valence-corrected chi connectivity index (χ3v) is 3.86. The highest BCUT2D eigenvalue weighted by Crippen LogP contribution is 2.32. The van der Waals surface area contributed by atoms with Gasteiger partial charge in [0.1, 0.15) is 5.82 Å². The van der Waals surface area contributed by atoms with E-state index in [9.17, 15) is 4.39 Å². The zero-order chi connectivity index (χ0) is 11.7. The molecule has 1 atom stereocenters. The second kappa shape index (κ2) is 4.55. The highest BCUT2D eigenvalue weighted by atomic mass is 32.1. The molecule has 0 radical (unpaired) electrons. The molecule has 1 unspecified atom stereocenters. The van der Waals surface area contributed by atoms with E-state index in [4.69, 9.17) is 0 Å². The largest absolute Gasteiger partial charge is 0.304 e. The molecule has 1 aromatic carbocycles. The minimum absolute atomic E-state index is 0.0690. The van der Waals surface area contributed by atoms with E-state index < -0.39 is 0 Å². The smallest absolute Gasteiger partial charge is 0.126 e. The van der Waals surface area contributed by atoms with Crippen LogP contribution in [0, 0.1) is 5.82 Å². The van der Waals surface area contributed by atoms with Crippen LogP contribution in [0.3, 0.4) is 0 Å². The van der Waals surface area contributed by atoms with Gasteiger partial charge in [-0.25, -0.2) is 9.37 Å². The van der Waals surface area contributed by atoms with Gasteiger partial charge in [-0.1, -0.05) is 12.1 Å². The van der Waals surface area contributed by atoms with Crippen LogP contribution in [0.15, 0.2) is 29.1 Å². The summed E-state index contributed by atoms with van der Waals surface area (Å²) in [7, 11) is 0. The van der Waals surface area contributed by atoms with Gasteiger partial charge >= 0.3 is 0 Å². The van der Waals surface area contributed by atoms with Crippen LogP contribution in [-0.2, 0) is 13.0 Å². The minimum Gasteiger partial charge on any atom is -0.304 e. The standard InChI is InChI=1S/C13H13FN2S/c14-12-3-1-2-11-10(12)4-5-13(11)15-6-9-7-17-8-16-9/h1-3,7-8,13,15H,4-6H2. The van der Waals surface area contributed by atoms with Gasteiger partial charge in [-0.3, -0.25) is 0 Å². The fourth-order valence-corrected chi connectivity index (χ4v) is 2.93. The SMILES string of the molecule is Fc1cccc2c1CCC2NCc1cscn1. The van der Waals surface area contributed by atoms with E-state index >= 15 is 0 Å². The van der Waals surface area contributed by atoms with Crippen molar-refractivity contribution < 1.29 is 4.39 Å². The predicted molar refractivity (Wildman–Crippen MR) is 66.4 cm³/mol. The van der Waals surface area contributed by atoms with Crippen LogP contribution in [0.4, 0.5) is 4.39 Å². The Morgan fingerprint density at radius 3 is 3.24 bits per heavy atom. The number of halogens is 1. The number of nitrogens with zero attached hydrogens (tertiary/aromatic N) is 1. The second-order valence-corrected chi connectivity index (χ2v) is 4.98. The fraction of sp³-hybridized carbons (Fsp3) is 0.308.